The van der Waals surface area contributed by atoms with Crippen molar-refractivity contribution in [3.05, 3.63) is 18.2 Å². The zero-order valence-corrected chi connectivity index (χ0v) is 12.8. The minimum Gasteiger partial charge on any atom is -0.311 e. The van der Waals surface area contributed by atoms with E-state index >= 15 is 0 Å². The zero-order chi connectivity index (χ0) is 14.3. The fraction of sp³-hybridized carbons (Fsp3) is 0.667. The van der Waals surface area contributed by atoms with Crippen molar-refractivity contribution in [3.8, 4) is 11.4 Å². The van der Waals surface area contributed by atoms with Gasteiger partial charge >= 0.3 is 0 Å². The maximum absolute atomic E-state index is 4.39. The van der Waals surface area contributed by atoms with Crippen molar-refractivity contribution in [3.63, 3.8) is 0 Å². The Bertz CT molecular complexity index is 602. The van der Waals surface area contributed by atoms with Crippen molar-refractivity contribution in [1.29, 1.82) is 0 Å². The van der Waals surface area contributed by atoms with Gasteiger partial charge in [-0.1, -0.05) is 20.8 Å². The first-order valence-electron chi connectivity index (χ1n) is 7.36. The van der Waals surface area contributed by atoms with Gasteiger partial charge in [0.05, 0.1) is 11.8 Å². The van der Waals surface area contributed by atoms with Crippen LogP contribution in [0, 0.1) is 11.3 Å². The number of rotatable bonds is 1. The Kier molecular flexibility index (Phi) is 3.15. The summed E-state index contributed by atoms with van der Waals surface area (Å²) >= 11 is 0. The standard InChI is InChI=1S/C15H23N5/c1-15(2,3)12-5-6-13-17-18-14(20(13)8-7-12)11-9-16-19(4)10-11/h9-10,12H,5-8H2,1-4H3. The van der Waals surface area contributed by atoms with Crippen molar-refractivity contribution in [1.82, 2.24) is 24.5 Å². The van der Waals surface area contributed by atoms with Crippen LogP contribution in [0.15, 0.2) is 12.4 Å². The van der Waals surface area contributed by atoms with E-state index in [-0.39, 0.29) is 0 Å². The van der Waals surface area contributed by atoms with E-state index in [2.05, 4.69) is 40.6 Å². The molecule has 1 aliphatic rings. The first-order chi connectivity index (χ1) is 9.45. The normalized spacial score (nSPS) is 19.7. The third-order valence-corrected chi connectivity index (χ3v) is 4.43. The maximum Gasteiger partial charge on any atom is 0.167 e. The zero-order valence-electron chi connectivity index (χ0n) is 12.8. The van der Waals surface area contributed by atoms with E-state index in [0.717, 1.165) is 36.1 Å². The Hall–Kier alpha value is -1.65. The Labute approximate surface area is 120 Å². The molecule has 0 aromatic carbocycles. The summed E-state index contributed by atoms with van der Waals surface area (Å²) in [6, 6.07) is 0. The fourth-order valence-corrected chi connectivity index (χ4v) is 3.10. The molecule has 5 nitrogen and oxygen atoms in total. The van der Waals surface area contributed by atoms with E-state index in [4.69, 9.17) is 0 Å². The number of hydrogen-bond donors (Lipinski definition) is 0. The first-order valence-corrected chi connectivity index (χ1v) is 7.36. The highest BCUT2D eigenvalue weighted by Crippen LogP contribution is 2.35. The number of hydrogen-bond acceptors (Lipinski definition) is 3. The molecule has 5 heteroatoms. The minimum absolute atomic E-state index is 0.367. The molecule has 0 spiro atoms. The van der Waals surface area contributed by atoms with Gasteiger partial charge in [0.1, 0.15) is 5.82 Å². The molecule has 0 N–H and O–H groups in total. The molecule has 1 aliphatic heterocycles. The van der Waals surface area contributed by atoms with Gasteiger partial charge in [-0.3, -0.25) is 4.68 Å². The average molecular weight is 273 g/mol. The molecule has 0 radical (unpaired) electrons. The molecular formula is C15H23N5. The SMILES string of the molecule is Cn1cc(-c2nnc3n2CCC(C(C)(C)C)CC3)cn1. The van der Waals surface area contributed by atoms with Crippen LogP contribution >= 0.6 is 0 Å². The molecule has 0 saturated heterocycles. The van der Waals surface area contributed by atoms with Crippen molar-refractivity contribution in [2.24, 2.45) is 18.4 Å². The number of aryl methyl sites for hydroxylation is 2. The lowest BCUT2D eigenvalue weighted by Gasteiger charge is -2.29. The van der Waals surface area contributed by atoms with Gasteiger partial charge in [-0.15, -0.1) is 10.2 Å². The van der Waals surface area contributed by atoms with Crippen LogP contribution in [0.4, 0.5) is 0 Å². The number of aromatic nitrogens is 5. The Morgan fingerprint density at radius 1 is 1.20 bits per heavy atom. The first kappa shape index (κ1) is 13.3. The summed E-state index contributed by atoms with van der Waals surface area (Å²) in [4.78, 5) is 0. The van der Waals surface area contributed by atoms with Gasteiger partial charge < -0.3 is 4.57 Å². The number of fused-ring (bicyclic) bond motifs is 1. The highest BCUT2D eigenvalue weighted by Gasteiger charge is 2.28. The van der Waals surface area contributed by atoms with Crippen molar-refractivity contribution in [2.75, 3.05) is 0 Å². The summed E-state index contributed by atoms with van der Waals surface area (Å²) < 4.78 is 4.09. The van der Waals surface area contributed by atoms with Crippen molar-refractivity contribution >= 4 is 0 Å². The lowest BCUT2D eigenvalue weighted by molar-refractivity contribution is 0.212. The second-order valence-electron chi connectivity index (χ2n) is 6.88. The monoisotopic (exact) mass is 273 g/mol. The molecule has 0 fully saturated rings. The van der Waals surface area contributed by atoms with Crippen LogP contribution in [0.2, 0.25) is 0 Å². The summed E-state index contributed by atoms with van der Waals surface area (Å²) in [5, 5.41) is 13.0. The Morgan fingerprint density at radius 3 is 2.65 bits per heavy atom. The predicted octanol–water partition coefficient (Wildman–Crippen LogP) is 2.68. The van der Waals surface area contributed by atoms with Crippen LogP contribution in [-0.4, -0.2) is 24.5 Å². The van der Waals surface area contributed by atoms with E-state index in [0.29, 0.717) is 5.41 Å². The summed E-state index contributed by atoms with van der Waals surface area (Å²) in [7, 11) is 1.93. The van der Waals surface area contributed by atoms with E-state index in [1.165, 1.54) is 12.8 Å². The second kappa shape index (κ2) is 4.72. The van der Waals surface area contributed by atoms with E-state index < -0.39 is 0 Å². The molecule has 1 unspecified atom stereocenters. The van der Waals surface area contributed by atoms with Crippen molar-refractivity contribution in [2.45, 2.75) is 46.6 Å². The van der Waals surface area contributed by atoms with Gasteiger partial charge in [0.15, 0.2) is 5.82 Å². The maximum atomic E-state index is 4.39. The Morgan fingerprint density at radius 2 is 2.00 bits per heavy atom. The summed E-state index contributed by atoms with van der Waals surface area (Å²) in [5.74, 6) is 2.82. The largest absolute Gasteiger partial charge is 0.311 e. The topological polar surface area (TPSA) is 48.5 Å². The van der Waals surface area contributed by atoms with E-state index in [1.54, 1.807) is 0 Å². The molecular weight excluding hydrogens is 250 g/mol. The molecule has 2 aromatic heterocycles. The lowest BCUT2D eigenvalue weighted by Crippen LogP contribution is -2.21. The third-order valence-electron chi connectivity index (χ3n) is 4.43. The molecule has 2 aromatic rings. The van der Waals surface area contributed by atoms with Gasteiger partial charge in [-0.25, -0.2) is 0 Å². The molecule has 3 rings (SSSR count). The average Bonchev–Trinajstić information content (AvgIpc) is 2.88. The molecule has 108 valence electrons. The smallest absolute Gasteiger partial charge is 0.167 e. The van der Waals surface area contributed by atoms with Crippen LogP contribution < -0.4 is 0 Å². The van der Waals surface area contributed by atoms with Crippen molar-refractivity contribution < 1.29 is 0 Å². The molecule has 0 saturated carbocycles. The molecule has 0 bridgehead atoms. The van der Waals surface area contributed by atoms with Crippen LogP contribution in [0.5, 0.6) is 0 Å². The third kappa shape index (κ3) is 2.37. The van der Waals surface area contributed by atoms with Crippen LogP contribution in [0.3, 0.4) is 0 Å². The lowest BCUT2D eigenvalue weighted by atomic mass is 9.76. The fourth-order valence-electron chi connectivity index (χ4n) is 3.10. The molecule has 0 amide bonds. The molecule has 1 atom stereocenters. The van der Waals surface area contributed by atoms with Gasteiger partial charge in [0.2, 0.25) is 0 Å². The molecule has 0 aliphatic carbocycles. The highest BCUT2D eigenvalue weighted by atomic mass is 15.3. The van der Waals surface area contributed by atoms with Crippen LogP contribution in [0.1, 0.15) is 39.4 Å². The van der Waals surface area contributed by atoms with Crippen LogP contribution in [-0.2, 0) is 20.0 Å². The molecule has 20 heavy (non-hydrogen) atoms. The van der Waals surface area contributed by atoms with Gasteiger partial charge in [-0.2, -0.15) is 5.10 Å². The van der Waals surface area contributed by atoms with Crippen LogP contribution in [0.25, 0.3) is 11.4 Å². The second-order valence-corrected chi connectivity index (χ2v) is 6.88. The minimum atomic E-state index is 0.367. The summed E-state index contributed by atoms with van der Waals surface area (Å²) in [6.45, 7) is 8.03. The predicted molar refractivity (Wildman–Crippen MR) is 78.1 cm³/mol. The summed E-state index contributed by atoms with van der Waals surface area (Å²) in [5.41, 5.74) is 1.42. The Balaban J connectivity index is 1.89. The quantitative estimate of drug-likeness (QED) is 0.802. The van der Waals surface area contributed by atoms with Gasteiger partial charge in [-0.05, 0) is 24.2 Å². The van der Waals surface area contributed by atoms with Gasteiger partial charge in [0.25, 0.3) is 0 Å². The summed E-state index contributed by atoms with van der Waals surface area (Å²) in [6.07, 6.45) is 7.29. The van der Waals surface area contributed by atoms with E-state index in [9.17, 15) is 0 Å². The number of nitrogens with zero attached hydrogens (tertiary/aromatic N) is 5. The van der Waals surface area contributed by atoms with E-state index in [1.807, 2.05) is 24.1 Å². The highest BCUT2D eigenvalue weighted by molar-refractivity contribution is 5.52. The van der Waals surface area contributed by atoms with Gasteiger partial charge in [0, 0.05) is 26.2 Å². The molecule has 3 heterocycles.